The first-order chi connectivity index (χ1) is 9.95. The number of halogens is 2. The predicted molar refractivity (Wildman–Crippen MR) is 74.2 cm³/mol. The maximum absolute atomic E-state index is 13.8. The zero-order valence-corrected chi connectivity index (χ0v) is 11.8. The van der Waals surface area contributed by atoms with Crippen LogP contribution in [0.4, 0.5) is 8.78 Å². The lowest BCUT2D eigenvalue weighted by Crippen LogP contribution is -1.99. The molecule has 4 nitrogen and oxygen atoms in total. The van der Waals surface area contributed by atoms with E-state index in [9.17, 15) is 13.6 Å². The van der Waals surface area contributed by atoms with Gasteiger partial charge in [-0.25, -0.2) is 18.6 Å². The van der Waals surface area contributed by atoms with Gasteiger partial charge in [0.05, 0.1) is 9.88 Å². The summed E-state index contributed by atoms with van der Waals surface area (Å²) in [6, 6.07) is 2.02. The molecule has 0 atom stereocenters. The molecule has 0 amide bonds. The minimum Gasteiger partial charge on any atom is -0.482 e. The maximum Gasteiger partial charge on any atom is 0.328 e. The largest absolute Gasteiger partial charge is 0.482 e. The first kappa shape index (κ1) is 15.1. The van der Waals surface area contributed by atoms with Crippen LogP contribution in [-0.4, -0.2) is 16.1 Å². The average Bonchev–Trinajstić information content (AvgIpc) is 2.81. The van der Waals surface area contributed by atoms with Crippen LogP contribution < -0.4 is 4.74 Å². The zero-order chi connectivity index (χ0) is 15.4. The highest BCUT2D eigenvalue weighted by molar-refractivity contribution is 7.11. The lowest BCUT2D eigenvalue weighted by Gasteiger charge is -2.08. The van der Waals surface area contributed by atoms with Gasteiger partial charge in [-0.2, -0.15) is 0 Å². The summed E-state index contributed by atoms with van der Waals surface area (Å²) in [4.78, 5) is 15.1. The second-order valence-corrected chi connectivity index (χ2v) is 5.44. The lowest BCUT2D eigenvalue weighted by molar-refractivity contribution is -0.131. The van der Waals surface area contributed by atoms with Crippen LogP contribution in [0, 0.1) is 18.6 Å². The molecule has 0 spiro atoms. The number of rotatable bonds is 5. The molecule has 0 saturated carbocycles. The molecule has 0 unspecified atom stereocenters. The Balaban J connectivity index is 2.15. The Labute approximate surface area is 123 Å². The van der Waals surface area contributed by atoms with Gasteiger partial charge in [0.15, 0.2) is 17.4 Å². The van der Waals surface area contributed by atoms with Gasteiger partial charge >= 0.3 is 5.97 Å². The number of aryl methyl sites for hydroxylation is 1. The number of aliphatic carboxylic acids is 1. The van der Waals surface area contributed by atoms with Crippen LogP contribution in [0.5, 0.6) is 5.75 Å². The predicted octanol–water partition coefficient (Wildman–Crippen LogP) is 3.41. The molecule has 0 aliphatic rings. The van der Waals surface area contributed by atoms with Gasteiger partial charge in [0.1, 0.15) is 6.61 Å². The highest BCUT2D eigenvalue weighted by Crippen LogP contribution is 2.25. The van der Waals surface area contributed by atoms with Crippen LogP contribution in [0.2, 0.25) is 0 Å². The molecule has 0 saturated heterocycles. The van der Waals surface area contributed by atoms with E-state index in [2.05, 4.69) is 4.98 Å². The number of aromatic nitrogens is 1. The molecule has 1 N–H and O–H groups in total. The maximum atomic E-state index is 13.8. The van der Waals surface area contributed by atoms with Crippen molar-refractivity contribution >= 4 is 23.4 Å². The average molecular weight is 311 g/mol. The van der Waals surface area contributed by atoms with E-state index < -0.39 is 23.4 Å². The summed E-state index contributed by atoms with van der Waals surface area (Å²) in [5.41, 5.74) is 0.105. The van der Waals surface area contributed by atoms with E-state index in [-0.39, 0.29) is 12.2 Å². The third kappa shape index (κ3) is 4.09. The quantitative estimate of drug-likeness (QED) is 0.860. The van der Waals surface area contributed by atoms with E-state index in [1.807, 2.05) is 6.92 Å². The Morgan fingerprint density at radius 1 is 1.43 bits per heavy atom. The summed E-state index contributed by atoms with van der Waals surface area (Å²) in [7, 11) is 0. The van der Waals surface area contributed by atoms with Gasteiger partial charge in [-0.3, -0.25) is 0 Å². The molecule has 0 bridgehead atoms. The third-order valence-electron chi connectivity index (χ3n) is 2.47. The number of carboxylic acid groups (broad SMARTS) is 1. The Morgan fingerprint density at radius 3 is 2.62 bits per heavy atom. The Kier molecular flexibility index (Phi) is 4.64. The number of carbonyl (C=O) groups is 1. The number of hydrogen-bond donors (Lipinski definition) is 1. The third-order valence-corrected chi connectivity index (χ3v) is 3.35. The number of carboxylic acids is 1. The smallest absolute Gasteiger partial charge is 0.328 e. The van der Waals surface area contributed by atoms with Crippen molar-refractivity contribution in [1.29, 1.82) is 0 Å². The van der Waals surface area contributed by atoms with E-state index in [0.29, 0.717) is 0 Å². The first-order valence-electron chi connectivity index (χ1n) is 5.90. The number of thiazole rings is 1. The molecule has 2 aromatic rings. The molecule has 1 heterocycles. The number of benzene rings is 1. The van der Waals surface area contributed by atoms with Crippen LogP contribution in [0.15, 0.2) is 24.4 Å². The van der Waals surface area contributed by atoms with Gasteiger partial charge in [-0.15, -0.1) is 11.3 Å². The standard InChI is InChI=1S/C14H11F2NO3S/c1-8-17-6-10(21-8)7-20-14-11(15)4-9(5-12(14)16)2-3-13(18)19/h2-6H,7H2,1H3,(H,18,19). The molecular formula is C14H11F2NO3S. The van der Waals surface area contributed by atoms with Crippen LogP contribution in [0.25, 0.3) is 6.08 Å². The summed E-state index contributed by atoms with van der Waals surface area (Å²) in [5.74, 6) is -3.47. The van der Waals surface area contributed by atoms with Gasteiger partial charge in [0, 0.05) is 12.3 Å². The van der Waals surface area contributed by atoms with E-state index in [1.165, 1.54) is 11.3 Å². The molecule has 0 aliphatic carbocycles. The number of hydrogen-bond acceptors (Lipinski definition) is 4. The topological polar surface area (TPSA) is 59.4 Å². The fourth-order valence-corrected chi connectivity index (χ4v) is 2.30. The van der Waals surface area contributed by atoms with E-state index in [4.69, 9.17) is 9.84 Å². The van der Waals surface area contributed by atoms with E-state index >= 15 is 0 Å². The minimum absolute atomic E-state index is 0.0175. The van der Waals surface area contributed by atoms with Gasteiger partial charge in [-0.1, -0.05) is 0 Å². The van der Waals surface area contributed by atoms with Crippen molar-refractivity contribution in [1.82, 2.24) is 4.98 Å². The normalized spacial score (nSPS) is 11.0. The molecule has 21 heavy (non-hydrogen) atoms. The second-order valence-electron chi connectivity index (χ2n) is 4.12. The van der Waals surface area contributed by atoms with Crippen LogP contribution in [0.3, 0.4) is 0 Å². The Bertz CT molecular complexity index is 674. The zero-order valence-electron chi connectivity index (χ0n) is 11.0. The molecule has 110 valence electrons. The van der Waals surface area contributed by atoms with Crippen LogP contribution >= 0.6 is 11.3 Å². The number of ether oxygens (including phenoxy) is 1. The molecular weight excluding hydrogens is 300 g/mol. The highest BCUT2D eigenvalue weighted by Gasteiger charge is 2.13. The molecule has 1 aromatic carbocycles. The van der Waals surface area contributed by atoms with Crippen molar-refractivity contribution < 1.29 is 23.4 Å². The summed E-state index contributed by atoms with van der Waals surface area (Å²) in [5, 5.41) is 9.31. The van der Waals surface area contributed by atoms with E-state index in [1.54, 1.807) is 6.20 Å². The monoisotopic (exact) mass is 311 g/mol. The number of nitrogens with zero attached hydrogens (tertiary/aromatic N) is 1. The fourth-order valence-electron chi connectivity index (χ4n) is 1.60. The summed E-state index contributed by atoms with van der Waals surface area (Å²) >= 11 is 1.38. The van der Waals surface area contributed by atoms with Crippen LogP contribution in [0.1, 0.15) is 15.4 Å². The summed E-state index contributed by atoms with van der Waals surface area (Å²) < 4.78 is 32.7. The minimum atomic E-state index is -1.20. The first-order valence-corrected chi connectivity index (χ1v) is 6.71. The van der Waals surface area contributed by atoms with Gasteiger partial charge in [-0.05, 0) is 30.7 Å². The van der Waals surface area contributed by atoms with Crippen molar-refractivity contribution in [3.8, 4) is 5.75 Å². The van der Waals surface area contributed by atoms with E-state index in [0.717, 1.165) is 34.2 Å². The Hall–Kier alpha value is -2.28. The Morgan fingerprint density at radius 2 is 2.10 bits per heavy atom. The van der Waals surface area contributed by atoms with Crippen molar-refractivity contribution in [2.75, 3.05) is 0 Å². The summed E-state index contributed by atoms with van der Waals surface area (Å²) in [6.07, 6.45) is 3.49. The molecule has 0 radical (unpaired) electrons. The highest BCUT2D eigenvalue weighted by atomic mass is 32.1. The second kappa shape index (κ2) is 6.45. The SMILES string of the molecule is Cc1ncc(COc2c(F)cc(C=CC(=O)O)cc2F)s1. The van der Waals surface area contributed by atoms with Crippen LogP contribution in [-0.2, 0) is 11.4 Å². The van der Waals surface area contributed by atoms with Crippen molar-refractivity contribution in [2.45, 2.75) is 13.5 Å². The molecule has 0 aliphatic heterocycles. The van der Waals surface area contributed by atoms with Crippen molar-refractivity contribution in [3.05, 3.63) is 51.5 Å². The fraction of sp³-hybridized carbons (Fsp3) is 0.143. The van der Waals surface area contributed by atoms with Crippen molar-refractivity contribution in [3.63, 3.8) is 0 Å². The van der Waals surface area contributed by atoms with Gasteiger partial charge < -0.3 is 9.84 Å². The van der Waals surface area contributed by atoms with Gasteiger partial charge in [0.2, 0.25) is 0 Å². The molecule has 7 heteroatoms. The van der Waals surface area contributed by atoms with Gasteiger partial charge in [0.25, 0.3) is 0 Å². The van der Waals surface area contributed by atoms with Crippen molar-refractivity contribution in [2.24, 2.45) is 0 Å². The molecule has 0 fully saturated rings. The molecule has 1 aromatic heterocycles. The molecule has 2 rings (SSSR count). The summed E-state index contributed by atoms with van der Waals surface area (Å²) in [6.45, 7) is 1.84. The lowest BCUT2D eigenvalue weighted by atomic mass is 10.2.